The van der Waals surface area contributed by atoms with E-state index in [2.05, 4.69) is 10.7 Å². The number of nitrogens with one attached hydrogen (secondary N) is 2. The largest absolute Gasteiger partial charge is 0.462 e. The van der Waals surface area contributed by atoms with Crippen molar-refractivity contribution in [1.82, 2.24) is 15.3 Å². The minimum Gasteiger partial charge on any atom is -0.462 e. The zero-order valence-electron chi connectivity index (χ0n) is 15.9. The van der Waals surface area contributed by atoms with Crippen molar-refractivity contribution in [2.24, 2.45) is 0 Å². The summed E-state index contributed by atoms with van der Waals surface area (Å²) in [5.74, 6) is -1.63. The van der Waals surface area contributed by atoms with Crippen LogP contribution in [0.2, 0.25) is 0 Å². The topological polar surface area (TPSA) is 108 Å². The van der Waals surface area contributed by atoms with Crippen LogP contribution in [0.4, 0.5) is 5.69 Å². The third-order valence-corrected chi connectivity index (χ3v) is 4.37. The molecule has 0 spiro atoms. The highest BCUT2D eigenvalue weighted by Gasteiger charge is 2.43. The number of nitrogens with zero attached hydrogens (tertiary/aromatic N) is 2. The van der Waals surface area contributed by atoms with Gasteiger partial charge in [0.2, 0.25) is 11.8 Å². The third-order valence-electron chi connectivity index (χ3n) is 3.95. The molecule has 150 valence electrons. The minimum atomic E-state index is -0.921. The normalized spacial score (nSPS) is 16.2. The molecule has 0 saturated carbocycles. The van der Waals surface area contributed by atoms with E-state index in [0.29, 0.717) is 17.8 Å². The molecule has 0 aromatic heterocycles. The summed E-state index contributed by atoms with van der Waals surface area (Å²) in [7, 11) is 0. The Morgan fingerprint density at radius 1 is 1.18 bits per heavy atom. The van der Waals surface area contributed by atoms with Gasteiger partial charge in [0.25, 0.3) is 5.91 Å². The van der Waals surface area contributed by atoms with Crippen LogP contribution >= 0.6 is 12.2 Å². The van der Waals surface area contributed by atoms with Crippen LogP contribution in [-0.2, 0) is 19.1 Å². The number of esters is 1. The lowest BCUT2D eigenvalue weighted by Gasteiger charge is -2.23. The van der Waals surface area contributed by atoms with Crippen LogP contribution in [0, 0.1) is 0 Å². The average Bonchev–Trinajstić information content (AvgIpc) is 2.85. The summed E-state index contributed by atoms with van der Waals surface area (Å²) in [6.45, 7) is 5.37. The third kappa shape index (κ3) is 4.83. The predicted molar refractivity (Wildman–Crippen MR) is 105 cm³/mol. The molecule has 1 aromatic rings. The van der Waals surface area contributed by atoms with E-state index in [0.717, 1.165) is 0 Å². The molecule has 10 heteroatoms. The van der Waals surface area contributed by atoms with Crippen LogP contribution in [0.25, 0.3) is 0 Å². The van der Waals surface area contributed by atoms with Gasteiger partial charge in [-0.25, -0.2) is 9.80 Å². The first kappa shape index (κ1) is 21.3. The van der Waals surface area contributed by atoms with Gasteiger partial charge >= 0.3 is 5.97 Å². The molecule has 0 aliphatic carbocycles. The Kier molecular flexibility index (Phi) is 7.05. The molecule has 1 heterocycles. The van der Waals surface area contributed by atoms with Gasteiger partial charge in [-0.3, -0.25) is 24.7 Å². The summed E-state index contributed by atoms with van der Waals surface area (Å²) >= 11 is 5.22. The van der Waals surface area contributed by atoms with Gasteiger partial charge in [0, 0.05) is 19.2 Å². The number of carbonyl (C=O) groups is 4. The maximum atomic E-state index is 12.5. The summed E-state index contributed by atoms with van der Waals surface area (Å²) < 4.78 is 4.90. The molecule has 1 saturated heterocycles. The number of anilines is 1. The highest BCUT2D eigenvalue weighted by atomic mass is 32.1. The Morgan fingerprint density at radius 3 is 2.36 bits per heavy atom. The van der Waals surface area contributed by atoms with Crippen LogP contribution in [0.3, 0.4) is 0 Å². The second kappa shape index (κ2) is 9.27. The van der Waals surface area contributed by atoms with E-state index in [1.807, 2.05) is 0 Å². The van der Waals surface area contributed by atoms with Crippen molar-refractivity contribution in [3.8, 4) is 0 Å². The van der Waals surface area contributed by atoms with Crippen molar-refractivity contribution < 1.29 is 23.9 Å². The number of rotatable bonds is 7. The predicted octanol–water partition coefficient (Wildman–Crippen LogP) is 1.06. The molecule has 3 amide bonds. The van der Waals surface area contributed by atoms with E-state index in [9.17, 15) is 19.2 Å². The Bertz CT molecular complexity index is 796. The van der Waals surface area contributed by atoms with Crippen LogP contribution in [-0.4, -0.2) is 57.9 Å². The van der Waals surface area contributed by atoms with E-state index in [4.69, 9.17) is 17.0 Å². The first-order valence-electron chi connectivity index (χ1n) is 8.77. The number of carbonyl (C=O) groups excluding carboxylic acids is 4. The van der Waals surface area contributed by atoms with Gasteiger partial charge in [-0.15, -0.1) is 0 Å². The Hall–Kier alpha value is -3.01. The maximum absolute atomic E-state index is 12.5. The standard InChI is InChI=1S/C18H22N4O5S/c1-4-21-16(25)14(22(18(21)28)20-11(3)23)10-15(24)19-13-8-6-12(7-9-13)17(26)27-5-2/h6-9,14H,4-5,10H2,1-3H3,(H,19,24)(H,20,23). The van der Waals surface area contributed by atoms with Crippen molar-refractivity contribution in [2.45, 2.75) is 33.2 Å². The van der Waals surface area contributed by atoms with Gasteiger partial charge in [0.05, 0.1) is 18.6 Å². The van der Waals surface area contributed by atoms with Crippen LogP contribution < -0.4 is 10.7 Å². The lowest BCUT2D eigenvalue weighted by molar-refractivity contribution is -0.132. The van der Waals surface area contributed by atoms with Crippen molar-refractivity contribution in [1.29, 1.82) is 0 Å². The number of amides is 3. The summed E-state index contributed by atoms with van der Waals surface area (Å²) in [6, 6.07) is 5.28. The molecule has 1 aliphatic rings. The van der Waals surface area contributed by atoms with Crippen LogP contribution in [0.5, 0.6) is 0 Å². The Morgan fingerprint density at radius 2 is 1.82 bits per heavy atom. The van der Waals surface area contributed by atoms with Gasteiger partial charge in [0.1, 0.15) is 6.04 Å². The smallest absolute Gasteiger partial charge is 0.338 e. The summed E-state index contributed by atoms with van der Waals surface area (Å²) in [5, 5.41) is 4.06. The maximum Gasteiger partial charge on any atom is 0.338 e. The van der Waals surface area contributed by atoms with E-state index in [1.54, 1.807) is 26.0 Å². The number of hydrogen-bond donors (Lipinski definition) is 2. The molecular formula is C18H22N4O5S. The number of hydrogen-bond acceptors (Lipinski definition) is 6. The second-order valence-electron chi connectivity index (χ2n) is 5.97. The Balaban J connectivity index is 2.06. The molecule has 0 radical (unpaired) electrons. The lowest BCUT2D eigenvalue weighted by Crippen LogP contribution is -2.49. The summed E-state index contributed by atoms with van der Waals surface area (Å²) in [4.78, 5) is 49.3. The number of benzene rings is 1. The summed E-state index contributed by atoms with van der Waals surface area (Å²) in [6.07, 6.45) is -0.199. The highest BCUT2D eigenvalue weighted by molar-refractivity contribution is 7.80. The van der Waals surface area contributed by atoms with Crippen LogP contribution in [0.15, 0.2) is 24.3 Å². The van der Waals surface area contributed by atoms with Crippen molar-refractivity contribution >= 4 is 46.7 Å². The molecule has 9 nitrogen and oxygen atoms in total. The fraction of sp³-hybridized carbons (Fsp3) is 0.389. The van der Waals surface area contributed by atoms with E-state index >= 15 is 0 Å². The van der Waals surface area contributed by atoms with Crippen molar-refractivity contribution in [2.75, 3.05) is 18.5 Å². The number of hydrazine groups is 1. The zero-order chi connectivity index (χ0) is 20.8. The second-order valence-corrected chi connectivity index (χ2v) is 6.33. The lowest BCUT2D eigenvalue weighted by atomic mass is 10.1. The van der Waals surface area contributed by atoms with E-state index < -0.39 is 23.8 Å². The molecule has 1 unspecified atom stereocenters. The minimum absolute atomic E-state index is 0.152. The fourth-order valence-corrected chi connectivity index (χ4v) is 3.10. The van der Waals surface area contributed by atoms with Crippen molar-refractivity contribution in [3.05, 3.63) is 29.8 Å². The summed E-state index contributed by atoms with van der Waals surface area (Å²) in [5.41, 5.74) is 3.33. The van der Waals surface area contributed by atoms with E-state index in [1.165, 1.54) is 29.0 Å². The fourth-order valence-electron chi connectivity index (χ4n) is 2.70. The number of thiocarbonyl (C=S) groups is 1. The van der Waals surface area contributed by atoms with E-state index in [-0.39, 0.29) is 24.0 Å². The molecule has 2 N–H and O–H groups in total. The molecule has 1 atom stereocenters. The van der Waals surface area contributed by atoms with Crippen molar-refractivity contribution in [3.63, 3.8) is 0 Å². The van der Waals surface area contributed by atoms with Gasteiger partial charge in [-0.05, 0) is 50.3 Å². The van der Waals surface area contributed by atoms with Gasteiger partial charge < -0.3 is 10.1 Å². The number of likely N-dealkylation sites (N-methyl/N-ethyl adjacent to an activating group) is 1. The molecule has 0 bridgehead atoms. The molecular weight excluding hydrogens is 384 g/mol. The first-order valence-corrected chi connectivity index (χ1v) is 9.18. The monoisotopic (exact) mass is 406 g/mol. The average molecular weight is 406 g/mol. The molecule has 2 rings (SSSR count). The SMILES string of the molecule is CCOC(=O)c1ccc(NC(=O)CC2C(=O)N(CC)C(=S)N2NC(C)=O)cc1. The molecule has 1 aromatic carbocycles. The zero-order valence-corrected chi connectivity index (χ0v) is 16.7. The number of ether oxygens (including phenoxy) is 1. The molecule has 1 aliphatic heterocycles. The Labute approximate surface area is 168 Å². The highest BCUT2D eigenvalue weighted by Crippen LogP contribution is 2.19. The van der Waals surface area contributed by atoms with Gasteiger partial charge in [-0.1, -0.05) is 0 Å². The van der Waals surface area contributed by atoms with Crippen LogP contribution in [0.1, 0.15) is 37.6 Å². The van der Waals surface area contributed by atoms with Gasteiger partial charge in [-0.2, -0.15) is 0 Å². The van der Waals surface area contributed by atoms with Gasteiger partial charge in [0.15, 0.2) is 5.11 Å². The quantitative estimate of drug-likeness (QED) is 0.515. The first-order chi connectivity index (χ1) is 13.3. The molecule has 28 heavy (non-hydrogen) atoms. The molecule has 1 fully saturated rings.